The summed E-state index contributed by atoms with van der Waals surface area (Å²) in [7, 11) is 0. The highest BCUT2D eigenvalue weighted by Crippen LogP contribution is 2.17. The molecule has 39 heavy (non-hydrogen) atoms. The minimum atomic E-state index is -1.24. The summed E-state index contributed by atoms with van der Waals surface area (Å²) >= 11 is 0. The molecule has 0 aliphatic carbocycles. The summed E-state index contributed by atoms with van der Waals surface area (Å²) in [6.07, 6.45) is 1.31. The fourth-order valence-corrected chi connectivity index (χ4v) is 3.99. The highest BCUT2D eigenvalue weighted by molar-refractivity contribution is 5.95. The zero-order valence-corrected chi connectivity index (χ0v) is 23.5. The van der Waals surface area contributed by atoms with Gasteiger partial charge in [0.15, 0.2) is 0 Å². The molecule has 0 aromatic rings. The van der Waals surface area contributed by atoms with E-state index in [2.05, 4.69) is 16.0 Å². The lowest BCUT2D eigenvalue weighted by molar-refractivity contribution is -0.137. The number of primary amides is 2. The Labute approximate surface area is 229 Å². The molecular formula is C25H47N7O7. The van der Waals surface area contributed by atoms with Crippen LogP contribution in [-0.4, -0.2) is 65.3 Å². The van der Waals surface area contributed by atoms with Gasteiger partial charge in [0.25, 0.3) is 0 Å². The number of amides is 6. The van der Waals surface area contributed by atoms with Gasteiger partial charge in [0.2, 0.25) is 35.4 Å². The molecule has 11 N–H and O–H groups in total. The van der Waals surface area contributed by atoms with E-state index in [1.54, 1.807) is 0 Å². The van der Waals surface area contributed by atoms with Gasteiger partial charge in [-0.3, -0.25) is 34.0 Å². The summed E-state index contributed by atoms with van der Waals surface area (Å²) < 4.78 is 0. The van der Waals surface area contributed by atoms with Crippen LogP contribution in [0.15, 0.2) is 0 Å². The zero-order valence-electron chi connectivity index (χ0n) is 23.5. The van der Waals surface area contributed by atoms with Crippen LogP contribution in [0.3, 0.4) is 0 Å². The van der Waals surface area contributed by atoms with E-state index in [0.717, 1.165) is 0 Å². The third-order valence-corrected chi connectivity index (χ3v) is 5.94. The Bertz CT molecular complexity index is 836. The van der Waals surface area contributed by atoms with Crippen molar-refractivity contribution in [1.82, 2.24) is 21.4 Å². The Balaban J connectivity index is 5.77. The summed E-state index contributed by atoms with van der Waals surface area (Å²) in [5.74, 6) is -4.95. The average molecular weight is 558 g/mol. The Morgan fingerprint density at radius 3 is 1.74 bits per heavy atom. The maximum atomic E-state index is 13.3. The predicted molar refractivity (Wildman–Crippen MR) is 143 cm³/mol. The van der Waals surface area contributed by atoms with E-state index < -0.39 is 59.5 Å². The zero-order chi connectivity index (χ0) is 30.1. The molecule has 0 saturated carbocycles. The Kier molecular flexibility index (Phi) is 17.3. The van der Waals surface area contributed by atoms with Gasteiger partial charge in [0.05, 0.1) is 0 Å². The second-order valence-corrected chi connectivity index (χ2v) is 10.6. The monoisotopic (exact) mass is 557 g/mol. The highest BCUT2D eigenvalue weighted by atomic mass is 16.5. The van der Waals surface area contributed by atoms with E-state index in [9.17, 15) is 28.8 Å². The molecule has 0 fully saturated rings. The lowest BCUT2D eigenvalue weighted by atomic mass is 9.92. The molecule has 4 atom stereocenters. The predicted octanol–water partition coefficient (Wildman–Crippen LogP) is -1.08. The van der Waals surface area contributed by atoms with Gasteiger partial charge >= 0.3 is 0 Å². The SMILES string of the molecule is CC(C)C[C@H](CC(=O)NO)C(=O)N[C@@H](CC(C)C)C(=O)N[C@@H](CCC(N)=O)C(=O)N[C@@H](CCCCN)C(N)=O. The highest BCUT2D eigenvalue weighted by Gasteiger charge is 2.32. The molecule has 0 aliphatic heterocycles. The van der Waals surface area contributed by atoms with Crippen molar-refractivity contribution in [2.24, 2.45) is 35.0 Å². The average Bonchev–Trinajstić information content (AvgIpc) is 2.83. The first-order valence-electron chi connectivity index (χ1n) is 13.3. The fourth-order valence-electron chi connectivity index (χ4n) is 3.99. The maximum absolute atomic E-state index is 13.3. The number of hydrogen-bond acceptors (Lipinski definition) is 8. The van der Waals surface area contributed by atoms with Gasteiger partial charge < -0.3 is 33.2 Å². The number of hydrogen-bond donors (Lipinski definition) is 8. The minimum absolute atomic E-state index is 0.0370. The normalized spacial score (nSPS) is 14.2. The minimum Gasteiger partial charge on any atom is -0.370 e. The molecule has 14 heteroatoms. The van der Waals surface area contributed by atoms with E-state index in [4.69, 9.17) is 22.4 Å². The third-order valence-electron chi connectivity index (χ3n) is 5.94. The first kappa shape index (κ1) is 35.7. The summed E-state index contributed by atoms with van der Waals surface area (Å²) in [5.41, 5.74) is 17.6. The number of nitrogens with two attached hydrogens (primary N) is 3. The standard InChI is InChI=1S/C25H47N7O7/c1-14(2)11-16(13-21(34)32-39)23(36)31-19(12-15(3)4)25(38)30-18(8-9-20(27)33)24(37)29-17(22(28)35)7-5-6-10-26/h14-19,39H,5-13,26H2,1-4H3,(H2,27,33)(H2,28,35)(H,29,37)(H,30,38)(H,31,36)(H,32,34)/t16-,17+,18+,19+/m1/s1. The molecule has 224 valence electrons. The second-order valence-electron chi connectivity index (χ2n) is 10.6. The number of rotatable bonds is 20. The lowest BCUT2D eigenvalue weighted by Gasteiger charge is -2.27. The van der Waals surface area contributed by atoms with Gasteiger partial charge in [-0.2, -0.15) is 0 Å². The van der Waals surface area contributed by atoms with E-state index in [1.165, 1.54) is 5.48 Å². The van der Waals surface area contributed by atoms with Crippen LogP contribution in [-0.2, 0) is 28.8 Å². The second kappa shape index (κ2) is 18.9. The van der Waals surface area contributed by atoms with Crippen LogP contribution >= 0.6 is 0 Å². The van der Waals surface area contributed by atoms with Gasteiger partial charge in [-0.1, -0.05) is 27.7 Å². The van der Waals surface area contributed by atoms with Crippen molar-refractivity contribution in [1.29, 1.82) is 0 Å². The molecular weight excluding hydrogens is 510 g/mol. The molecule has 0 aliphatic rings. The molecule has 0 unspecified atom stereocenters. The topological polar surface area (TPSA) is 249 Å². The molecule has 14 nitrogen and oxygen atoms in total. The van der Waals surface area contributed by atoms with Gasteiger partial charge in [0, 0.05) is 18.8 Å². The van der Waals surface area contributed by atoms with Crippen LogP contribution in [0, 0.1) is 17.8 Å². The number of nitrogens with one attached hydrogen (secondary N) is 4. The third kappa shape index (κ3) is 15.7. The summed E-state index contributed by atoms with van der Waals surface area (Å²) in [4.78, 5) is 74.3. The van der Waals surface area contributed by atoms with Crippen molar-refractivity contribution in [2.75, 3.05) is 6.54 Å². The first-order chi connectivity index (χ1) is 18.2. The smallest absolute Gasteiger partial charge is 0.244 e. The molecule has 0 aromatic carbocycles. The molecule has 0 saturated heterocycles. The molecule has 0 rings (SSSR count). The number of carbonyl (C=O) groups excluding carboxylic acids is 6. The van der Waals surface area contributed by atoms with Gasteiger partial charge in [-0.05, 0) is 56.9 Å². The fraction of sp³-hybridized carbons (Fsp3) is 0.760. The van der Waals surface area contributed by atoms with E-state index in [0.29, 0.717) is 25.8 Å². The molecule has 0 radical (unpaired) electrons. The van der Waals surface area contributed by atoms with E-state index >= 15 is 0 Å². The Hall–Kier alpha value is -3.26. The molecule has 0 aromatic heterocycles. The van der Waals surface area contributed by atoms with Gasteiger partial charge in [0.1, 0.15) is 18.1 Å². The lowest BCUT2D eigenvalue weighted by Crippen LogP contribution is -2.57. The Morgan fingerprint density at radius 2 is 1.26 bits per heavy atom. The van der Waals surface area contributed by atoms with Crippen molar-refractivity contribution in [2.45, 2.75) is 97.2 Å². The van der Waals surface area contributed by atoms with Crippen molar-refractivity contribution in [3.8, 4) is 0 Å². The van der Waals surface area contributed by atoms with Crippen molar-refractivity contribution < 1.29 is 34.0 Å². The summed E-state index contributed by atoms with van der Waals surface area (Å²) in [6.45, 7) is 7.82. The van der Waals surface area contributed by atoms with Crippen LogP contribution in [0.5, 0.6) is 0 Å². The van der Waals surface area contributed by atoms with Crippen molar-refractivity contribution in [3.05, 3.63) is 0 Å². The Morgan fingerprint density at radius 1 is 0.718 bits per heavy atom. The van der Waals surface area contributed by atoms with Crippen LogP contribution in [0.25, 0.3) is 0 Å². The van der Waals surface area contributed by atoms with Crippen molar-refractivity contribution in [3.63, 3.8) is 0 Å². The van der Waals surface area contributed by atoms with E-state index in [1.807, 2.05) is 27.7 Å². The largest absolute Gasteiger partial charge is 0.370 e. The molecule has 0 bridgehead atoms. The number of unbranched alkanes of at least 4 members (excludes halogenated alkanes) is 1. The first-order valence-corrected chi connectivity index (χ1v) is 13.3. The number of carbonyl (C=O) groups is 6. The number of hydroxylamine groups is 1. The van der Waals surface area contributed by atoms with Crippen LogP contribution in [0.2, 0.25) is 0 Å². The summed E-state index contributed by atoms with van der Waals surface area (Å²) in [6, 6.07) is -3.30. The summed E-state index contributed by atoms with van der Waals surface area (Å²) in [5, 5.41) is 16.6. The van der Waals surface area contributed by atoms with Crippen LogP contribution in [0.1, 0.15) is 79.1 Å². The van der Waals surface area contributed by atoms with Gasteiger partial charge in [-0.25, -0.2) is 5.48 Å². The van der Waals surface area contributed by atoms with Crippen molar-refractivity contribution >= 4 is 35.4 Å². The molecule has 0 heterocycles. The van der Waals surface area contributed by atoms with Gasteiger partial charge in [-0.15, -0.1) is 0 Å². The van der Waals surface area contributed by atoms with Crippen LogP contribution < -0.4 is 38.6 Å². The quantitative estimate of drug-likeness (QED) is 0.0518. The molecule has 0 spiro atoms. The van der Waals surface area contributed by atoms with Crippen LogP contribution in [0.4, 0.5) is 0 Å². The van der Waals surface area contributed by atoms with E-state index in [-0.39, 0.29) is 43.9 Å². The molecule has 6 amide bonds. The maximum Gasteiger partial charge on any atom is 0.244 e.